The van der Waals surface area contributed by atoms with Crippen LogP contribution in [-0.2, 0) is 9.53 Å². The SMILES string of the molecule is CCC(=O)OC[N+](C)(C)CC. The van der Waals surface area contributed by atoms with Gasteiger partial charge in [-0.3, -0.25) is 9.28 Å². The fourth-order valence-corrected chi connectivity index (χ4v) is 0.440. The summed E-state index contributed by atoms with van der Waals surface area (Å²) in [7, 11) is 4.06. The molecule has 0 rings (SSSR count). The van der Waals surface area contributed by atoms with Gasteiger partial charge in [0, 0.05) is 6.42 Å². The number of rotatable bonds is 4. The predicted molar refractivity (Wildman–Crippen MR) is 43.9 cm³/mol. The summed E-state index contributed by atoms with van der Waals surface area (Å²) in [5.41, 5.74) is 0. The molecule has 0 unspecified atom stereocenters. The minimum Gasteiger partial charge on any atom is -0.415 e. The van der Waals surface area contributed by atoms with E-state index in [0.29, 0.717) is 13.2 Å². The van der Waals surface area contributed by atoms with Gasteiger partial charge in [0.15, 0.2) is 0 Å². The van der Waals surface area contributed by atoms with Gasteiger partial charge in [-0.25, -0.2) is 0 Å². The van der Waals surface area contributed by atoms with Crippen molar-refractivity contribution in [1.29, 1.82) is 0 Å². The maximum Gasteiger partial charge on any atom is 0.309 e. The number of esters is 1. The Morgan fingerprint density at radius 1 is 1.36 bits per heavy atom. The van der Waals surface area contributed by atoms with Gasteiger partial charge in [-0.1, -0.05) is 6.92 Å². The summed E-state index contributed by atoms with van der Waals surface area (Å²) in [5.74, 6) is -0.121. The first kappa shape index (κ1) is 10.4. The van der Waals surface area contributed by atoms with Crippen molar-refractivity contribution in [1.82, 2.24) is 0 Å². The molecule has 0 bridgehead atoms. The van der Waals surface area contributed by atoms with Crippen molar-refractivity contribution in [3.8, 4) is 0 Å². The fraction of sp³-hybridized carbons (Fsp3) is 0.875. The normalized spacial score (nSPS) is 11.3. The third-order valence-electron chi connectivity index (χ3n) is 1.72. The lowest BCUT2D eigenvalue weighted by molar-refractivity contribution is -0.905. The van der Waals surface area contributed by atoms with Gasteiger partial charge in [-0.05, 0) is 6.92 Å². The summed E-state index contributed by atoms with van der Waals surface area (Å²) in [6, 6.07) is 0. The van der Waals surface area contributed by atoms with Gasteiger partial charge in [0.2, 0.25) is 6.73 Å². The Kier molecular flexibility index (Phi) is 4.11. The van der Waals surface area contributed by atoms with Crippen molar-refractivity contribution in [2.45, 2.75) is 20.3 Å². The molecule has 0 aromatic heterocycles. The molecule has 0 fully saturated rings. The van der Waals surface area contributed by atoms with Crippen molar-refractivity contribution in [3.05, 3.63) is 0 Å². The van der Waals surface area contributed by atoms with Crippen LogP contribution in [-0.4, -0.2) is 37.8 Å². The van der Waals surface area contributed by atoms with Crippen LogP contribution in [0.5, 0.6) is 0 Å². The van der Waals surface area contributed by atoms with Crippen LogP contribution >= 0.6 is 0 Å². The first-order valence-electron chi connectivity index (χ1n) is 3.99. The van der Waals surface area contributed by atoms with Gasteiger partial charge in [0.05, 0.1) is 20.6 Å². The maximum atomic E-state index is 10.7. The zero-order valence-electron chi connectivity index (χ0n) is 7.89. The van der Waals surface area contributed by atoms with Gasteiger partial charge in [0.25, 0.3) is 0 Å². The van der Waals surface area contributed by atoms with Crippen LogP contribution in [0.15, 0.2) is 0 Å². The Labute approximate surface area is 68.5 Å². The molecule has 0 aliphatic carbocycles. The molecule has 3 nitrogen and oxygen atoms in total. The fourth-order valence-electron chi connectivity index (χ4n) is 0.440. The summed E-state index contributed by atoms with van der Waals surface area (Å²) in [6.07, 6.45) is 0.462. The molecule has 0 atom stereocenters. The molecular formula is C8H18NO2+. The molecule has 0 heterocycles. The van der Waals surface area contributed by atoms with Crippen LogP contribution < -0.4 is 0 Å². The van der Waals surface area contributed by atoms with Crippen LogP contribution in [0, 0.1) is 0 Å². The van der Waals surface area contributed by atoms with Crippen molar-refractivity contribution in [3.63, 3.8) is 0 Å². The molecule has 66 valence electrons. The largest absolute Gasteiger partial charge is 0.415 e. The highest BCUT2D eigenvalue weighted by Crippen LogP contribution is 1.96. The first-order valence-corrected chi connectivity index (χ1v) is 3.99. The average Bonchev–Trinajstić information content (AvgIpc) is 2.00. The predicted octanol–water partition coefficient (Wildman–Crippen LogP) is 0.993. The van der Waals surface area contributed by atoms with E-state index in [2.05, 4.69) is 6.92 Å². The minimum atomic E-state index is -0.121. The molecule has 0 N–H and O–H groups in total. The third kappa shape index (κ3) is 4.79. The lowest BCUT2D eigenvalue weighted by Gasteiger charge is -2.26. The van der Waals surface area contributed by atoms with Crippen LogP contribution in [0.2, 0.25) is 0 Å². The van der Waals surface area contributed by atoms with Gasteiger partial charge in [-0.2, -0.15) is 0 Å². The van der Waals surface area contributed by atoms with E-state index in [-0.39, 0.29) is 5.97 Å². The lowest BCUT2D eigenvalue weighted by atomic mass is 10.5. The highest BCUT2D eigenvalue weighted by Gasteiger charge is 2.13. The third-order valence-corrected chi connectivity index (χ3v) is 1.72. The average molecular weight is 160 g/mol. The summed E-state index contributed by atoms with van der Waals surface area (Å²) >= 11 is 0. The van der Waals surface area contributed by atoms with Gasteiger partial charge in [0.1, 0.15) is 0 Å². The monoisotopic (exact) mass is 160 g/mol. The Hall–Kier alpha value is -0.570. The summed E-state index contributed by atoms with van der Waals surface area (Å²) in [5, 5.41) is 0. The van der Waals surface area contributed by atoms with E-state index in [4.69, 9.17) is 4.74 Å². The van der Waals surface area contributed by atoms with Gasteiger partial charge in [-0.15, -0.1) is 0 Å². The van der Waals surface area contributed by atoms with Crippen molar-refractivity contribution in [2.24, 2.45) is 0 Å². The van der Waals surface area contributed by atoms with Crippen LogP contribution in [0.4, 0.5) is 0 Å². The van der Waals surface area contributed by atoms with E-state index >= 15 is 0 Å². The number of carbonyl (C=O) groups excluding carboxylic acids is 1. The number of carbonyl (C=O) groups is 1. The second-order valence-electron chi connectivity index (χ2n) is 3.25. The Morgan fingerprint density at radius 2 is 1.91 bits per heavy atom. The standard InChI is InChI=1S/C8H18NO2/c1-5-8(10)11-7-9(3,4)6-2/h5-7H2,1-4H3/q+1. The topological polar surface area (TPSA) is 26.3 Å². The molecular weight excluding hydrogens is 142 g/mol. The molecule has 0 amide bonds. The summed E-state index contributed by atoms with van der Waals surface area (Å²) in [4.78, 5) is 10.7. The number of hydrogen-bond acceptors (Lipinski definition) is 2. The molecule has 0 spiro atoms. The van der Waals surface area contributed by atoms with Crippen molar-refractivity contribution >= 4 is 5.97 Å². The molecule has 11 heavy (non-hydrogen) atoms. The smallest absolute Gasteiger partial charge is 0.309 e. The van der Waals surface area contributed by atoms with E-state index in [1.807, 2.05) is 14.1 Å². The Morgan fingerprint density at radius 3 is 2.27 bits per heavy atom. The van der Waals surface area contributed by atoms with Crippen molar-refractivity contribution in [2.75, 3.05) is 27.4 Å². The summed E-state index contributed by atoms with van der Waals surface area (Å²) < 4.78 is 5.71. The molecule has 0 aliphatic heterocycles. The number of quaternary nitrogens is 1. The molecule has 0 saturated carbocycles. The number of hydrogen-bond donors (Lipinski definition) is 0. The highest BCUT2D eigenvalue weighted by molar-refractivity contribution is 5.68. The molecule has 0 aromatic carbocycles. The Bertz CT molecular complexity index is 132. The van der Waals surface area contributed by atoms with E-state index in [9.17, 15) is 4.79 Å². The first-order chi connectivity index (χ1) is 5.02. The highest BCUT2D eigenvalue weighted by atomic mass is 16.5. The molecule has 3 heteroatoms. The zero-order chi connectivity index (χ0) is 8.91. The van der Waals surface area contributed by atoms with Crippen LogP contribution in [0.1, 0.15) is 20.3 Å². The van der Waals surface area contributed by atoms with E-state index in [0.717, 1.165) is 11.0 Å². The second-order valence-corrected chi connectivity index (χ2v) is 3.25. The Balaban J connectivity index is 3.61. The number of ether oxygens (including phenoxy) is 1. The van der Waals surface area contributed by atoms with Crippen LogP contribution in [0.3, 0.4) is 0 Å². The maximum absolute atomic E-state index is 10.7. The van der Waals surface area contributed by atoms with Crippen molar-refractivity contribution < 1.29 is 14.0 Å². The molecule has 0 saturated heterocycles. The zero-order valence-corrected chi connectivity index (χ0v) is 7.89. The lowest BCUT2D eigenvalue weighted by Crippen LogP contribution is -2.41. The van der Waals surface area contributed by atoms with Crippen LogP contribution in [0.25, 0.3) is 0 Å². The van der Waals surface area contributed by atoms with Gasteiger partial charge >= 0.3 is 5.97 Å². The summed E-state index contributed by atoms with van der Waals surface area (Å²) in [6.45, 7) is 5.31. The van der Waals surface area contributed by atoms with Gasteiger partial charge < -0.3 is 4.74 Å². The molecule has 0 aliphatic rings. The molecule has 0 aromatic rings. The number of nitrogens with zero attached hydrogens (tertiary/aromatic N) is 1. The van der Waals surface area contributed by atoms with E-state index in [1.54, 1.807) is 6.92 Å². The quantitative estimate of drug-likeness (QED) is 0.348. The van der Waals surface area contributed by atoms with E-state index < -0.39 is 0 Å². The minimum absolute atomic E-state index is 0.121. The molecule has 0 radical (unpaired) electrons. The second kappa shape index (κ2) is 4.34. The van der Waals surface area contributed by atoms with E-state index in [1.165, 1.54) is 0 Å².